The number of nitrogens with zero attached hydrogens (tertiary/aromatic N) is 2. The third-order valence-corrected chi connectivity index (χ3v) is 10.7. The summed E-state index contributed by atoms with van der Waals surface area (Å²) in [6.45, 7) is 6.49. The lowest BCUT2D eigenvalue weighted by Gasteiger charge is -2.60. The first-order valence-corrected chi connectivity index (χ1v) is 16.4. The number of halogens is 3. The Hall–Kier alpha value is -3.96. The molecule has 2 aliphatic heterocycles. The van der Waals surface area contributed by atoms with E-state index in [1.165, 1.54) is 17.7 Å². The lowest BCUT2D eigenvalue weighted by atomic mass is 9.50. The average molecular weight is 629 g/mol. The van der Waals surface area contributed by atoms with Crippen LogP contribution in [0.15, 0.2) is 66.7 Å². The Labute approximate surface area is 268 Å². The number of phenols is 1. The molecule has 1 saturated carbocycles. The SMILES string of the molecule is CC(C)CN(C(=O)C#Cc1ccc(C(F)(F)F)cc1)[C@@H]1CC[C@H]2[C@H]3Cc4c(O)ccc5c4[C@@]2(CCN3CCc2ccccc2)[C@H]1O5. The third-order valence-electron chi connectivity index (χ3n) is 10.7. The van der Waals surface area contributed by atoms with Gasteiger partial charge in [-0.25, -0.2) is 0 Å². The molecule has 4 aliphatic rings. The molecule has 5 atom stereocenters. The fourth-order valence-corrected chi connectivity index (χ4v) is 8.83. The molecule has 2 fully saturated rings. The van der Waals surface area contributed by atoms with Crippen molar-refractivity contribution in [2.45, 2.75) is 75.7 Å². The Morgan fingerprint density at radius 3 is 2.57 bits per heavy atom. The summed E-state index contributed by atoms with van der Waals surface area (Å²) in [5.74, 6) is 6.87. The Bertz CT molecular complexity index is 1680. The molecule has 2 aliphatic carbocycles. The number of ether oxygens (including phenoxy) is 1. The van der Waals surface area contributed by atoms with Crippen LogP contribution in [0.3, 0.4) is 0 Å². The van der Waals surface area contributed by atoms with Crippen LogP contribution in [0, 0.1) is 23.7 Å². The van der Waals surface area contributed by atoms with Crippen molar-refractivity contribution in [3.63, 3.8) is 0 Å². The largest absolute Gasteiger partial charge is 0.508 e. The lowest BCUT2D eigenvalue weighted by Crippen LogP contribution is -2.69. The molecule has 1 amide bonds. The lowest BCUT2D eigenvalue weighted by molar-refractivity contribution is -0.138. The molecule has 240 valence electrons. The van der Waals surface area contributed by atoms with Gasteiger partial charge in [-0.2, -0.15) is 13.2 Å². The number of rotatable bonds is 6. The highest BCUT2D eigenvalue weighted by atomic mass is 19.4. The van der Waals surface area contributed by atoms with E-state index < -0.39 is 11.7 Å². The first-order valence-electron chi connectivity index (χ1n) is 16.4. The number of hydrogen-bond acceptors (Lipinski definition) is 4. The topological polar surface area (TPSA) is 53.0 Å². The van der Waals surface area contributed by atoms with Crippen molar-refractivity contribution >= 4 is 5.91 Å². The van der Waals surface area contributed by atoms with E-state index in [-0.39, 0.29) is 35.4 Å². The molecule has 3 aromatic rings. The summed E-state index contributed by atoms with van der Waals surface area (Å²) in [6, 6.07) is 18.8. The number of amides is 1. The highest BCUT2D eigenvalue weighted by molar-refractivity contribution is 5.94. The second-order valence-corrected chi connectivity index (χ2v) is 13.7. The van der Waals surface area contributed by atoms with Gasteiger partial charge in [0, 0.05) is 47.2 Å². The molecule has 2 heterocycles. The normalized spacial score (nSPS) is 26.1. The van der Waals surface area contributed by atoms with Crippen LogP contribution < -0.4 is 4.74 Å². The van der Waals surface area contributed by atoms with Crippen molar-refractivity contribution in [2.24, 2.45) is 11.8 Å². The molecule has 46 heavy (non-hydrogen) atoms. The number of likely N-dealkylation sites (tertiary alicyclic amines) is 1. The van der Waals surface area contributed by atoms with Crippen molar-refractivity contribution in [3.8, 4) is 23.3 Å². The van der Waals surface area contributed by atoms with E-state index >= 15 is 0 Å². The van der Waals surface area contributed by atoms with Crippen LogP contribution in [0.2, 0.25) is 0 Å². The minimum atomic E-state index is -4.43. The number of carbonyl (C=O) groups excluding carboxylic acids is 1. The van der Waals surface area contributed by atoms with Gasteiger partial charge in [-0.05, 0) is 92.4 Å². The smallest absolute Gasteiger partial charge is 0.416 e. The van der Waals surface area contributed by atoms with E-state index in [2.05, 4.69) is 54.9 Å². The molecule has 0 unspecified atom stereocenters. The van der Waals surface area contributed by atoms with Crippen molar-refractivity contribution in [1.82, 2.24) is 9.80 Å². The zero-order chi connectivity index (χ0) is 32.2. The Balaban J connectivity index is 1.20. The van der Waals surface area contributed by atoms with Crippen molar-refractivity contribution in [3.05, 3.63) is 94.5 Å². The number of carbonyl (C=O) groups is 1. The highest BCUT2D eigenvalue weighted by Gasteiger charge is 2.66. The first kappa shape index (κ1) is 30.7. The second-order valence-electron chi connectivity index (χ2n) is 13.7. The molecule has 1 saturated heterocycles. The molecule has 3 aromatic carbocycles. The minimum Gasteiger partial charge on any atom is -0.508 e. The molecule has 0 aromatic heterocycles. The number of phenolic OH excluding ortho intramolecular Hbond substituents is 1. The van der Waals surface area contributed by atoms with Gasteiger partial charge in [0.05, 0.1) is 11.6 Å². The molecule has 1 spiro atoms. The summed E-state index contributed by atoms with van der Waals surface area (Å²) < 4.78 is 46.0. The fraction of sp³-hybridized carbons (Fsp3) is 0.447. The predicted molar refractivity (Wildman–Crippen MR) is 169 cm³/mol. The van der Waals surface area contributed by atoms with E-state index in [9.17, 15) is 23.1 Å². The summed E-state index contributed by atoms with van der Waals surface area (Å²) >= 11 is 0. The third kappa shape index (κ3) is 5.23. The number of benzene rings is 3. The average Bonchev–Trinajstić information content (AvgIpc) is 3.37. The molecular weight excluding hydrogens is 589 g/mol. The zero-order valence-electron chi connectivity index (χ0n) is 26.2. The quantitative estimate of drug-likeness (QED) is 0.313. The summed E-state index contributed by atoms with van der Waals surface area (Å²) in [4.78, 5) is 18.3. The Morgan fingerprint density at radius 1 is 1.09 bits per heavy atom. The number of hydrogen-bond donors (Lipinski definition) is 1. The standard InChI is InChI=1S/C38H39F3N2O3/c1-24(2)23-43(34(45)17-10-26-8-11-27(12-9-26)38(39,40)41)30-14-13-29-31-22-28-32(44)15-16-33-35(28)37(29,36(30)46-33)19-21-42(31)20-18-25-6-4-3-5-7-25/h3-9,11-12,15-16,24,29-31,36,44H,13-14,18-23H2,1-2H3/t29-,30+,31+,36-,37-/m0/s1. The van der Waals surface area contributed by atoms with Gasteiger partial charge in [0.25, 0.3) is 5.91 Å². The van der Waals surface area contributed by atoms with Crippen LogP contribution in [-0.2, 0) is 29.2 Å². The molecule has 7 rings (SSSR count). The van der Waals surface area contributed by atoms with Crippen LogP contribution in [0.25, 0.3) is 0 Å². The summed E-state index contributed by atoms with van der Waals surface area (Å²) in [5.41, 5.74) is 2.73. The van der Waals surface area contributed by atoms with Gasteiger partial charge >= 0.3 is 6.18 Å². The summed E-state index contributed by atoms with van der Waals surface area (Å²) in [5, 5.41) is 11.1. The maximum Gasteiger partial charge on any atom is 0.416 e. The first-order chi connectivity index (χ1) is 22.1. The van der Waals surface area contributed by atoms with Crippen molar-refractivity contribution in [1.29, 1.82) is 0 Å². The molecule has 1 N–H and O–H groups in total. The second kappa shape index (κ2) is 11.7. The van der Waals surface area contributed by atoms with Gasteiger partial charge in [0.2, 0.25) is 0 Å². The predicted octanol–water partition coefficient (Wildman–Crippen LogP) is 6.60. The van der Waals surface area contributed by atoms with E-state index in [0.717, 1.165) is 74.2 Å². The molecule has 5 nitrogen and oxygen atoms in total. The van der Waals surface area contributed by atoms with Gasteiger partial charge in [0.15, 0.2) is 0 Å². The monoisotopic (exact) mass is 628 g/mol. The Kier molecular flexibility index (Phi) is 7.79. The van der Waals surface area contributed by atoms with E-state index in [0.29, 0.717) is 23.8 Å². The zero-order valence-corrected chi connectivity index (χ0v) is 26.2. The fourth-order valence-electron chi connectivity index (χ4n) is 8.83. The molecule has 8 heteroatoms. The van der Waals surface area contributed by atoms with Gasteiger partial charge in [0.1, 0.15) is 17.6 Å². The van der Waals surface area contributed by atoms with Crippen molar-refractivity contribution in [2.75, 3.05) is 19.6 Å². The van der Waals surface area contributed by atoms with E-state index in [1.807, 2.05) is 17.0 Å². The maximum atomic E-state index is 13.9. The van der Waals surface area contributed by atoms with E-state index in [1.54, 1.807) is 6.07 Å². The van der Waals surface area contributed by atoms with Crippen LogP contribution in [0.1, 0.15) is 60.9 Å². The van der Waals surface area contributed by atoms with Crippen molar-refractivity contribution < 1.29 is 27.8 Å². The number of aromatic hydroxyl groups is 1. The molecule has 2 bridgehead atoms. The maximum absolute atomic E-state index is 13.9. The number of piperidine rings is 1. The number of alkyl halides is 3. The van der Waals surface area contributed by atoms with Gasteiger partial charge in [-0.15, -0.1) is 0 Å². The van der Waals surface area contributed by atoms with Gasteiger partial charge in [-0.1, -0.05) is 50.1 Å². The van der Waals surface area contributed by atoms with Gasteiger partial charge in [-0.3, -0.25) is 9.69 Å². The Morgan fingerprint density at radius 2 is 1.85 bits per heavy atom. The highest BCUT2D eigenvalue weighted by Crippen LogP contribution is 2.63. The minimum absolute atomic E-state index is 0.175. The van der Waals surface area contributed by atoms with Crippen LogP contribution in [0.5, 0.6) is 11.5 Å². The summed E-state index contributed by atoms with van der Waals surface area (Å²) in [7, 11) is 0. The molecular formula is C38H39F3N2O3. The van der Waals surface area contributed by atoms with Crippen LogP contribution in [-0.4, -0.2) is 58.6 Å². The van der Waals surface area contributed by atoms with E-state index in [4.69, 9.17) is 4.74 Å². The summed E-state index contributed by atoms with van der Waals surface area (Å²) in [6.07, 6.45) is -0.364. The van der Waals surface area contributed by atoms with Gasteiger partial charge < -0.3 is 14.7 Å². The van der Waals surface area contributed by atoms with Crippen LogP contribution >= 0.6 is 0 Å². The molecule has 0 radical (unpaired) electrons. The van der Waals surface area contributed by atoms with Crippen LogP contribution in [0.4, 0.5) is 13.2 Å².